The summed E-state index contributed by atoms with van der Waals surface area (Å²) in [5.41, 5.74) is -1.12. The molecular formula is C22H29NO9. The van der Waals surface area contributed by atoms with Gasteiger partial charge in [-0.05, 0) is 39.3 Å². The standard InChI is InChI=1S/C22H29NO9/c1-7-22(4)19(28-5)16(25)17(26)21(32-22)30-13-9-8-12-15(24)14(11(3)23-29-6)20(27)31-18(12)10(13)2/h8-9,16-17,19,21,24-26H,7H2,1-6H3/t16-,17+,19+,21+,22-/m0/s1. The number of oxime groups is 1. The summed E-state index contributed by atoms with van der Waals surface area (Å²) in [6.45, 7) is 6.79. The van der Waals surface area contributed by atoms with E-state index in [4.69, 9.17) is 18.6 Å². The highest BCUT2D eigenvalue weighted by Crippen LogP contribution is 2.38. The maximum absolute atomic E-state index is 12.5. The van der Waals surface area contributed by atoms with Crippen molar-refractivity contribution in [2.75, 3.05) is 14.2 Å². The van der Waals surface area contributed by atoms with Gasteiger partial charge in [-0.15, -0.1) is 0 Å². The molecular weight excluding hydrogens is 422 g/mol. The predicted molar refractivity (Wildman–Crippen MR) is 115 cm³/mol. The average Bonchev–Trinajstić information content (AvgIpc) is 2.74. The van der Waals surface area contributed by atoms with Crippen molar-refractivity contribution < 1.29 is 38.8 Å². The molecule has 32 heavy (non-hydrogen) atoms. The highest BCUT2D eigenvalue weighted by molar-refractivity contribution is 6.04. The lowest BCUT2D eigenvalue weighted by Crippen LogP contribution is -2.64. The largest absolute Gasteiger partial charge is 0.506 e. The van der Waals surface area contributed by atoms with E-state index in [1.54, 1.807) is 19.9 Å². The molecule has 0 radical (unpaired) electrons. The van der Waals surface area contributed by atoms with Crippen molar-refractivity contribution in [3.8, 4) is 11.5 Å². The second kappa shape index (κ2) is 9.07. The second-order valence-electron chi connectivity index (χ2n) is 7.95. The van der Waals surface area contributed by atoms with Gasteiger partial charge in [-0.2, -0.15) is 0 Å². The van der Waals surface area contributed by atoms with Crippen LogP contribution >= 0.6 is 0 Å². The Labute approximate surface area is 185 Å². The van der Waals surface area contributed by atoms with Crippen molar-refractivity contribution in [2.45, 2.75) is 64.3 Å². The summed E-state index contributed by atoms with van der Waals surface area (Å²) in [5, 5.41) is 35.7. The van der Waals surface area contributed by atoms with Crippen LogP contribution in [0.4, 0.5) is 0 Å². The van der Waals surface area contributed by atoms with Gasteiger partial charge in [0, 0.05) is 12.7 Å². The van der Waals surface area contributed by atoms with Gasteiger partial charge in [0.05, 0.1) is 16.7 Å². The quantitative estimate of drug-likeness (QED) is 0.341. The number of ether oxygens (including phenoxy) is 3. The molecule has 3 N–H and O–H groups in total. The predicted octanol–water partition coefficient (Wildman–Crippen LogP) is 1.82. The molecule has 1 aromatic heterocycles. The number of aryl methyl sites for hydroxylation is 1. The van der Waals surface area contributed by atoms with E-state index in [1.807, 2.05) is 6.92 Å². The first-order valence-electron chi connectivity index (χ1n) is 10.2. The molecule has 1 aromatic carbocycles. The van der Waals surface area contributed by atoms with E-state index < -0.39 is 35.8 Å². The van der Waals surface area contributed by atoms with Crippen LogP contribution in [0.15, 0.2) is 26.5 Å². The maximum Gasteiger partial charge on any atom is 0.349 e. The van der Waals surface area contributed by atoms with Crippen LogP contribution in [0, 0.1) is 6.92 Å². The van der Waals surface area contributed by atoms with Crippen molar-refractivity contribution >= 4 is 16.7 Å². The molecule has 0 unspecified atom stereocenters. The number of aliphatic hydroxyl groups excluding tert-OH is 2. The number of benzene rings is 1. The molecule has 1 aliphatic rings. The molecule has 1 aliphatic heterocycles. The molecule has 10 heteroatoms. The summed E-state index contributed by atoms with van der Waals surface area (Å²) < 4.78 is 22.7. The van der Waals surface area contributed by atoms with Crippen LogP contribution in [0.3, 0.4) is 0 Å². The Morgan fingerprint density at radius 3 is 2.53 bits per heavy atom. The molecule has 2 heterocycles. The van der Waals surface area contributed by atoms with E-state index in [-0.39, 0.29) is 33.7 Å². The third kappa shape index (κ3) is 3.95. The minimum Gasteiger partial charge on any atom is -0.506 e. The van der Waals surface area contributed by atoms with Crippen LogP contribution in [0.2, 0.25) is 0 Å². The van der Waals surface area contributed by atoms with Crippen LogP contribution in [-0.2, 0) is 14.3 Å². The third-order valence-electron chi connectivity index (χ3n) is 5.96. The van der Waals surface area contributed by atoms with E-state index in [2.05, 4.69) is 9.99 Å². The summed E-state index contributed by atoms with van der Waals surface area (Å²) in [4.78, 5) is 17.2. The number of fused-ring (bicyclic) bond motifs is 1. The number of methoxy groups -OCH3 is 1. The molecule has 0 bridgehead atoms. The molecule has 0 aliphatic carbocycles. The third-order valence-corrected chi connectivity index (χ3v) is 5.96. The fourth-order valence-electron chi connectivity index (χ4n) is 3.99. The fourth-order valence-corrected chi connectivity index (χ4v) is 3.99. The first-order valence-corrected chi connectivity index (χ1v) is 10.2. The van der Waals surface area contributed by atoms with E-state index in [0.29, 0.717) is 12.0 Å². The monoisotopic (exact) mass is 451 g/mol. The molecule has 5 atom stereocenters. The Morgan fingerprint density at radius 2 is 1.94 bits per heavy atom. The smallest absolute Gasteiger partial charge is 0.349 e. The lowest BCUT2D eigenvalue weighted by molar-refractivity contribution is -0.311. The van der Waals surface area contributed by atoms with Gasteiger partial charge in [-0.3, -0.25) is 0 Å². The number of hydrogen-bond acceptors (Lipinski definition) is 10. The van der Waals surface area contributed by atoms with Crippen molar-refractivity contribution in [3.63, 3.8) is 0 Å². The van der Waals surface area contributed by atoms with E-state index in [0.717, 1.165) is 0 Å². The minimum absolute atomic E-state index is 0.106. The zero-order valence-corrected chi connectivity index (χ0v) is 18.9. The fraction of sp³-hybridized carbons (Fsp3) is 0.545. The molecule has 0 saturated carbocycles. The molecule has 3 rings (SSSR count). The van der Waals surface area contributed by atoms with Crippen LogP contribution in [0.25, 0.3) is 11.0 Å². The molecule has 2 aromatic rings. The Balaban J connectivity index is 2.02. The summed E-state index contributed by atoms with van der Waals surface area (Å²) >= 11 is 0. The molecule has 176 valence electrons. The highest BCUT2D eigenvalue weighted by Gasteiger charge is 2.52. The lowest BCUT2D eigenvalue weighted by atomic mass is 9.86. The Morgan fingerprint density at radius 1 is 1.25 bits per heavy atom. The summed E-state index contributed by atoms with van der Waals surface area (Å²) in [7, 11) is 2.77. The maximum atomic E-state index is 12.5. The molecule has 10 nitrogen and oxygen atoms in total. The molecule has 0 amide bonds. The molecule has 1 saturated heterocycles. The number of rotatable bonds is 6. The average molecular weight is 451 g/mol. The van der Waals surface area contributed by atoms with E-state index >= 15 is 0 Å². The van der Waals surface area contributed by atoms with E-state index in [1.165, 1.54) is 27.2 Å². The summed E-state index contributed by atoms with van der Waals surface area (Å²) in [6.07, 6.45) is -4.07. The Hall–Kier alpha value is -2.66. The Bertz CT molecular complexity index is 1080. The van der Waals surface area contributed by atoms with Gasteiger partial charge < -0.3 is 38.8 Å². The normalized spacial score (nSPS) is 28.7. The number of nitrogens with zero attached hydrogens (tertiary/aromatic N) is 1. The molecule has 0 spiro atoms. The first kappa shape index (κ1) is 24.0. The lowest BCUT2D eigenvalue weighted by Gasteiger charge is -2.47. The second-order valence-corrected chi connectivity index (χ2v) is 7.95. The van der Waals surface area contributed by atoms with Gasteiger partial charge in [-0.1, -0.05) is 12.1 Å². The van der Waals surface area contributed by atoms with Crippen LogP contribution in [-0.4, -0.2) is 65.5 Å². The Kier molecular flexibility index (Phi) is 6.80. The van der Waals surface area contributed by atoms with Crippen LogP contribution < -0.4 is 10.4 Å². The zero-order valence-electron chi connectivity index (χ0n) is 18.9. The van der Waals surface area contributed by atoms with Gasteiger partial charge in [0.1, 0.15) is 48.1 Å². The van der Waals surface area contributed by atoms with Gasteiger partial charge in [0.2, 0.25) is 6.29 Å². The van der Waals surface area contributed by atoms with Crippen molar-refractivity contribution in [3.05, 3.63) is 33.7 Å². The first-order chi connectivity index (χ1) is 15.1. The van der Waals surface area contributed by atoms with Gasteiger partial charge in [0.25, 0.3) is 0 Å². The van der Waals surface area contributed by atoms with Gasteiger partial charge in [-0.25, -0.2) is 4.79 Å². The van der Waals surface area contributed by atoms with Gasteiger partial charge >= 0.3 is 5.63 Å². The minimum atomic E-state index is -1.38. The number of aliphatic hydroxyl groups is 2. The number of aromatic hydroxyl groups is 1. The van der Waals surface area contributed by atoms with Crippen molar-refractivity contribution in [1.82, 2.24) is 0 Å². The van der Waals surface area contributed by atoms with E-state index in [9.17, 15) is 20.1 Å². The van der Waals surface area contributed by atoms with Crippen molar-refractivity contribution in [1.29, 1.82) is 0 Å². The highest BCUT2D eigenvalue weighted by atomic mass is 16.7. The summed E-state index contributed by atoms with van der Waals surface area (Å²) in [6, 6.07) is 3.07. The van der Waals surface area contributed by atoms with Crippen LogP contribution in [0.1, 0.15) is 38.3 Å². The zero-order chi connectivity index (χ0) is 23.8. The molecule has 1 fully saturated rings. The van der Waals surface area contributed by atoms with Crippen LogP contribution in [0.5, 0.6) is 11.5 Å². The SMILES string of the molecule is CC[C@]1(C)O[C@@H](Oc2ccc3c(O)c(C(C)=NOC)c(=O)oc3c2C)[C@H](O)[C@H](O)[C@H]1OC. The topological polar surface area (TPSA) is 140 Å². The van der Waals surface area contributed by atoms with Gasteiger partial charge in [0.15, 0.2) is 0 Å². The summed E-state index contributed by atoms with van der Waals surface area (Å²) in [5.74, 6) is -0.0456. The number of hydrogen-bond donors (Lipinski definition) is 3. The van der Waals surface area contributed by atoms with Crippen molar-refractivity contribution in [2.24, 2.45) is 5.16 Å².